The number of hydrogen-bond donors (Lipinski definition) is 0. The number of para-hydroxylation sites is 1. The predicted molar refractivity (Wildman–Crippen MR) is 103 cm³/mol. The largest absolute Gasteiger partial charge is 0.450 e. The molecule has 10 heteroatoms. The van der Waals surface area contributed by atoms with Gasteiger partial charge in [-0.1, -0.05) is 12.1 Å². The number of rotatable bonds is 7. The standard InChI is InChI=1S/C18H26FN3O5S/c1-3-27-18(24)21-13-11-20(12-14-21)17(23)9-6-10-22(28(2,25)26)16-8-5-4-7-15(16)19/h4-5,7-8H,3,6,9-14H2,1-2H3. The van der Waals surface area contributed by atoms with E-state index in [9.17, 15) is 22.4 Å². The summed E-state index contributed by atoms with van der Waals surface area (Å²) in [4.78, 5) is 27.3. The maximum absolute atomic E-state index is 14.0. The highest BCUT2D eigenvalue weighted by Gasteiger charge is 2.25. The second kappa shape index (κ2) is 9.72. The number of carbonyl (C=O) groups is 2. The van der Waals surface area contributed by atoms with Gasteiger partial charge in [0.15, 0.2) is 0 Å². The van der Waals surface area contributed by atoms with Crippen molar-refractivity contribution < 1.29 is 27.1 Å². The second-order valence-electron chi connectivity index (χ2n) is 6.46. The van der Waals surface area contributed by atoms with Crippen LogP contribution in [0.5, 0.6) is 0 Å². The summed E-state index contributed by atoms with van der Waals surface area (Å²) in [6, 6.07) is 5.64. The second-order valence-corrected chi connectivity index (χ2v) is 8.36. The van der Waals surface area contributed by atoms with Crippen molar-refractivity contribution in [3.63, 3.8) is 0 Å². The molecule has 1 fully saturated rings. The third-order valence-electron chi connectivity index (χ3n) is 4.43. The number of hydrogen-bond acceptors (Lipinski definition) is 5. The zero-order chi connectivity index (χ0) is 20.7. The predicted octanol–water partition coefficient (Wildman–Crippen LogP) is 1.67. The molecule has 8 nitrogen and oxygen atoms in total. The summed E-state index contributed by atoms with van der Waals surface area (Å²) >= 11 is 0. The van der Waals surface area contributed by atoms with Crippen molar-refractivity contribution in [1.82, 2.24) is 9.80 Å². The topological polar surface area (TPSA) is 87.2 Å². The van der Waals surface area contributed by atoms with E-state index in [0.717, 1.165) is 10.6 Å². The van der Waals surface area contributed by atoms with Gasteiger partial charge in [0.25, 0.3) is 0 Å². The van der Waals surface area contributed by atoms with Crippen LogP contribution in [-0.2, 0) is 19.6 Å². The van der Waals surface area contributed by atoms with Gasteiger partial charge in [0.05, 0.1) is 18.6 Å². The van der Waals surface area contributed by atoms with Crippen LogP contribution in [0.3, 0.4) is 0 Å². The number of amides is 2. The molecule has 0 aromatic heterocycles. The minimum Gasteiger partial charge on any atom is -0.450 e. The number of sulfonamides is 1. The number of benzene rings is 1. The van der Waals surface area contributed by atoms with Crippen LogP contribution in [0.15, 0.2) is 24.3 Å². The molecule has 1 aliphatic heterocycles. The first-order valence-electron chi connectivity index (χ1n) is 9.15. The van der Waals surface area contributed by atoms with Gasteiger partial charge in [-0.3, -0.25) is 9.10 Å². The Morgan fingerprint density at radius 1 is 1.14 bits per heavy atom. The zero-order valence-electron chi connectivity index (χ0n) is 16.1. The number of piperazine rings is 1. The van der Waals surface area contributed by atoms with E-state index in [0.29, 0.717) is 32.8 Å². The fraction of sp³-hybridized carbons (Fsp3) is 0.556. The van der Waals surface area contributed by atoms with Crippen LogP contribution in [0.4, 0.5) is 14.9 Å². The van der Waals surface area contributed by atoms with E-state index in [2.05, 4.69) is 0 Å². The van der Waals surface area contributed by atoms with Gasteiger partial charge >= 0.3 is 6.09 Å². The maximum atomic E-state index is 14.0. The van der Waals surface area contributed by atoms with Gasteiger partial charge in [-0.15, -0.1) is 0 Å². The lowest BCUT2D eigenvalue weighted by Crippen LogP contribution is -2.50. The van der Waals surface area contributed by atoms with Crippen LogP contribution in [0.25, 0.3) is 0 Å². The Morgan fingerprint density at radius 3 is 2.32 bits per heavy atom. The van der Waals surface area contributed by atoms with Gasteiger partial charge in [-0.05, 0) is 25.5 Å². The van der Waals surface area contributed by atoms with E-state index < -0.39 is 15.8 Å². The Hall–Kier alpha value is -2.36. The molecule has 0 saturated carbocycles. The summed E-state index contributed by atoms with van der Waals surface area (Å²) in [5.74, 6) is -0.750. The fourth-order valence-electron chi connectivity index (χ4n) is 3.00. The Morgan fingerprint density at radius 2 is 1.75 bits per heavy atom. The van der Waals surface area contributed by atoms with E-state index in [4.69, 9.17) is 4.74 Å². The van der Waals surface area contributed by atoms with Gasteiger partial charge < -0.3 is 14.5 Å². The molecule has 1 aliphatic rings. The highest BCUT2D eigenvalue weighted by molar-refractivity contribution is 7.92. The van der Waals surface area contributed by atoms with Crippen LogP contribution >= 0.6 is 0 Å². The van der Waals surface area contributed by atoms with Crippen molar-refractivity contribution in [2.45, 2.75) is 19.8 Å². The molecule has 0 N–H and O–H groups in total. The molecular weight excluding hydrogens is 389 g/mol. The summed E-state index contributed by atoms with van der Waals surface area (Å²) in [6.07, 6.45) is 1.02. The van der Waals surface area contributed by atoms with Gasteiger partial charge in [-0.2, -0.15) is 0 Å². The molecule has 0 aliphatic carbocycles. The third kappa shape index (κ3) is 5.82. The van der Waals surface area contributed by atoms with E-state index in [1.54, 1.807) is 22.8 Å². The normalized spacial score (nSPS) is 14.7. The molecule has 0 radical (unpaired) electrons. The zero-order valence-corrected chi connectivity index (χ0v) is 17.0. The molecule has 0 bridgehead atoms. The number of halogens is 1. The van der Waals surface area contributed by atoms with E-state index in [1.807, 2.05) is 0 Å². The molecule has 2 amide bonds. The number of nitrogens with zero attached hydrogens (tertiary/aromatic N) is 3. The summed E-state index contributed by atoms with van der Waals surface area (Å²) in [5, 5.41) is 0. The average Bonchev–Trinajstić information content (AvgIpc) is 2.65. The lowest BCUT2D eigenvalue weighted by atomic mass is 10.2. The molecule has 0 atom stereocenters. The summed E-state index contributed by atoms with van der Waals surface area (Å²) < 4.78 is 44.0. The summed E-state index contributed by atoms with van der Waals surface area (Å²) in [5.41, 5.74) is -0.0273. The fourth-order valence-corrected chi connectivity index (χ4v) is 3.97. The molecule has 28 heavy (non-hydrogen) atoms. The van der Waals surface area contributed by atoms with E-state index in [1.165, 1.54) is 18.2 Å². The Kier molecular flexibility index (Phi) is 7.61. The summed E-state index contributed by atoms with van der Waals surface area (Å²) in [7, 11) is -3.68. The molecule has 0 spiro atoms. The first kappa shape index (κ1) is 21.9. The smallest absolute Gasteiger partial charge is 0.409 e. The minimum absolute atomic E-state index is 0.00823. The molecule has 1 aromatic rings. The molecule has 1 heterocycles. The molecule has 0 unspecified atom stereocenters. The lowest BCUT2D eigenvalue weighted by Gasteiger charge is -2.34. The first-order chi connectivity index (χ1) is 13.2. The van der Waals surface area contributed by atoms with E-state index in [-0.39, 0.29) is 37.1 Å². The highest BCUT2D eigenvalue weighted by Crippen LogP contribution is 2.22. The number of anilines is 1. The van der Waals surface area contributed by atoms with Crippen LogP contribution < -0.4 is 4.31 Å². The minimum atomic E-state index is -3.68. The number of ether oxygens (including phenoxy) is 1. The lowest BCUT2D eigenvalue weighted by molar-refractivity contribution is -0.132. The van der Waals surface area contributed by atoms with Crippen LogP contribution in [-0.4, -0.2) is 75.8 Å². The van der Waals surface area contributed by atoms with Crippen molar-refractivity contribution in [2.24, 2.45) is 0 Å². The first-order valence-corrected chi connectivity index (χ1v) is 11.0. The Labute approximate surface area is 164 Å². The maximum Gasteiger partial charge on any atom is 0.409 e. The molecular formula is C18H26FN3O5S. The Balaban J connectivity index is 1.87. The highest BCUT2D eigenvalue weighted by atomic mass is 32.2. The SMILES string of the molecule is CCOC(=O)N1CCN(C(=O)CCCN(c2ccccc2F)S(C)(=O)=O)CC1. The van der Waals surface area contributed by atoms with Crippen LogP contribution in [0.2, 0.25) is 0 Å². The van der Waals surface area contributed by atoms with Crippen LogP contribution in [0.1, 0.15) is 19.8 Å². The molecule has 1 aromatic carbocycles. The number of carbonyl (C=O) groups excluding carboxylic acids is 2. The quantitative estimate of drug-likeness (QED) is 0.676. The van der Waals surface area contributed by atoms with Crippen molar-refractivity contribution in [3.05, 3.63) is 30.1 Å². The molecule has 2 rings (SSSR count). The van der Waals surface area contributed by atoms with Gasteiger partial charge in [-0.25, -0.2) is 17.6 Å². The molecule has 156 valence electrons. The van der Waals surface area contributed by atoms with Crippen molar-refractivity contribution >= 4 is 27.7 Å². The molecule has 1 saturated heterocycles. The third-order valence-corrected chi connectivity index (χ3v) is 5.61. The van der Waals surface area contributed by atoms with Gasteiger partial charge in [0, 0.05) is 39.1 Å². The van der Waals surface area contributed by atoms with Crippen molar-refractivity contribution in [1.29, 1.82) is 0 Å². The van der Waals surface area contributed by atoms with Crippen molar-refractivity contribution in [3.8, 4) is 0 Å². The average molecular weight is 415 g/mol. The van der Waals surface area contributed by atoms with Crippen molar-refractivity contribution in [2.75, 3.05) is 49.9 Å². The Bertz CT molecular complexity index is 794. The van der Waals surface area contributed by atoms with Gasteiger partial charge in [0.1, 0.15) is 5.82 Å². The van der Waals surface area contributed by atoms with Crippen LogP contribution in [0, 0.1) is 5.82 Å². The summed E-state index contributed by atoms with van der Waals surface area (Å²) in [6.45, 7) is 3.65. The van der Waals surface area contributed by atoms with Gasteiger partial charge in [0.2, 0.25) is 15.9 Å². The monoisotopic (exact) mass is 415 g/mol. The van der Waals surface area contributed by atoms with E-state index >= 15 is 0 Å².